The standard InChI is InChI=1S/C17H20ClN3O2/c1-2-11-23-16-7-6-14(12-15(16)18)21-17(22)20-10-8-13-5-3-4-9-19-13/h3-7,9,12H,2,8,10-11H2,1H3,(H2,20,21,22). The summed E-state index contributed by atoms with van der Waals surface area (Å²) >= 11 is 6.13. The molecule has 2 amide bonds. The quantitative estimate of drug-likeness (QED) is 0.808. The van der Waals surface area contributed by atoms with E-state index < -0.39 is 0 Å². The Labute approximate surface area is 141 Å². The maximum absolute atomic E-state index is 11.9. The third-order valence-electron chi connectivity index (χ3n) is 3.04. The van der Waals surface area contributed by atoms with Crippen LogP contribution in [0.4, 0.5) is 10.5 Å². The average Bonchev–Trinajstić information content (AvgIpc) is 2.55. The highest BCUT2D eigenvalue weighted by Crippen LogP contribution is 2.27. The molecule has 1 heterocycles. The maximum atomic E-state index is 11.9. The number of nitrogens with zero attached hydrogens (tertiary/aromatic N) is 1. The average molecular weight is 334 g/mol. The summed E-state index contributed by atoms with van der Waals surface area (Å²) in [6.07, 6.45) is 3.33. The molecular weight excluding hydrogens is 314 g/mol. The van der Waals surface area contributed by atoms with E-state index in [1.54, 1.807) is 24.4 Å². The third kappa shape index (κ3) is 5.79. The summed E-state index contributed by atoms with van der Waals surface area (Å²) in [5.74, 6) is 0.620. The molecule has 0 unspecified atom stereocenters. The van der Waals surface area contributed by atoms with Gasteiger partial charge in [-0.25, -0.2) is 4.79 Å². The summed E-state index contributed by atoms with van der Waals surface area (Å²) < 4.78 is 5.49. The van der Waals surface area contributed by atoms with Gasteiger partial charge in [0.25, 0.3) is 0 Å². The van der Waals surface area contributed by atoms with E-state index in [4.69, 9.17) is 16.3 Å². The molecule has 0 spiro atoms. The number of urea groups is 1. The first-order chi connectivity index (χ1) is 11.2. The SMILES string of the molecule is CCCOc1ccc(NC(=O)NCCc2ccccn2)cc1Cl. The van der Waals surface area contributed by atoms with E-state index in [1.807, 2.05) is 25.1 Å². The minimum atomic E-state index is -0.278. The monoisotopic (exact) mass is 333 g/mol. The van der Waals surface area contributed by atoms with Crippen molar-refractivity contribution in [1.82, 2.24) is 10.3 Å². The van der Waals surface area contributed by atoms with Crippen LogP contribution in [0.3, 0.4) is 0 Å². The summed E-state index contributed by atoms with van der Waals surface area (Å²) in [6.45, 7) is 3.15. The minimum absolute atomic E-state index is 0.278. The van der Waals surface area contributed by atoms with Gasteiger partial charge in [-0.2, -0.15) is 0 Å². The largest absolute Gasteiger partial charge is 0.492 e. The second kappa shape index (κ2) is 9.00. The van der Waals surface area contributed by atoms with Crippen LogP contribution < -0.4 is 15.4 Å². The predicted molar refractivity (Wildman–Crippen MR) is 92.2 cm³/mol. The lowest BCUT2D eigenvalue weighted by Crippen LogP contribution is -2.30. The van der Waals surface area contributed by atoms with Gasteiger partial charge in [-0.3, -0.25) is 4.98 Å². The third-order valence-corrected chi connectivity index (χ3v) is 3.34. The highest BCUT2D eigenvalue weighted by molar-refractivity contribution is 6.32. The van der Waals surface area contributed by atoms with Gasteiger partial charge in [0.1, 0.15) is 5.75 Å². The summed E-state index contributed by atoms with van der Waals surface area (Å²) in [5.41, 5.74) is 1.56. The normalized spacial score (nSPS) is 10.2. The zero-order chi connectivity index (χ0) is 16.5. The number of aromatic nitrogens is 1. The number of hydrogen-bond donors (Lipinski definition) is 2. The molecule has 0 saturated carbocycles. The molecule has 1 aromatic carbocycles. The van der Waals surface area contributed by atoms with E-state index in [9.17, 15) is 4.79 Å². The molecule has 0 aliphatic rings. The Morgan fingerprint density at radius 1 is 1.30 bits per heavy atom. The minimum Gasteiger partial charge on any atom is -0.492 e. The first kappa shape index (κ1) is 17.1. The van der Waals surface area contributed by atoms with Crippen LogP contribution in [0.25, 0.3) is 0 Å². The number of nitrogens with one attached hydrogen (secondary N) is 2. The van der Waals surface area contributed by atoms with Gasteiger partial charge < -0.3 is 15.4 Å². The Morgan fingerprint density at radius 3 is 2.87 bits per heavy atom. The number of halogens is 1. The number of pyridine rings is 1. The fourth-order valence-corrected chi connectivity index (χ4v) is 2.17. The van der Waals surface area contributed by atoms with Crippen LogP contribution in [-0.4, -0.2) is 24.2 Å². The molecule has 0 saturated heterocycles. The van der Waals surface area contributed by atoms with Gasteiger partial charge in [-0.05, 0) is 36.8 Å². The topological polar surface area (TPSA) is 63.2 Å². The van der Waals surface area contributed by atoms with Crippen molar-refractivity contribution in [2.24, 2.45) is 0 Å². The number of rotatable bonds is 7. The van der Waals surface area contributed by atoms with Crippen LogP contribution in [0.15, 0.2) is 42.6 Å². The summed E-state index contributed by atoms with van der Waals surface area (Å²) in [6, 6.07) is 10.6. The Kier molecular flexibility index (Phi) is 6.69. The molecular formula is C17H20ClN3O2. The summed E-state index contributed by atoms with van der Waals surface area (Å²) in [5, 5.41) is 6.00. The first-order valence-electron chi connectivity index (χ1n) is 7.56. The van der Waals surface area contributed by atoms with Gasteiger partial charge in [0.15, 0.2) is 0 Å². The van der Waals surface area contributed by atoms with E-state index >= 15 is 0 Å². The fourth-order valence-electron chi connectivity index (χ4n) is 1.93. The zero-order valence-corrected chi connectivity index (χ0v) is 13.8. The molecule has 1 aromatic heterocycles. The van der Waals surface area contributed by atoms with Crippen molar-refractivity contribution in [3.05, 3.63) is 53.3 Å². The Bertz CT molecular complexity index is 635. The lowest BCUT2D eigenvalue weighted by molar-refractivity contribution is 0.252. The van der Waals surface area contributed by atoms with Crippen molar-refractivity contribution in [3.63, 3.8) is 0 Å². The van der Waals surface area contributed by atoms with E-state index in [1.165, 1.54) is 0 Å². The van der Waals surface area contributed by atoms with Crippen molar-refractivity contribution in [1.29, 1.82) is 0 Å². The molecule has 0 atom stereocenters. The van der Waals surface area contributed by atoms with E-state index in [2.05, 4.69) is 15.6 Å². The second-order valence-electron chi connectivity index (χ2n) is 4.95. The number of ether oxygens (including phenoxy) is 1. The number of hydrogen-bond acceptors (Lipinski definition) is 3. The highest BCUT2D eigenvalue weighted by atomic mass is 35.5. The van der Waals surface area contributed by atoms with Crippen molar-refractivity contribution in [2.75, 3.05) is 18.5 Å². The number of carbonyl (C=O) groups excluding carboxylic acids is 1. The zero-order valence-electron chi connectivity index (χ0n) is 13.0. The van der Waals surface area contributed by atoms with Gasteiger partial charge in [0.2, 0.25) is 0 Å². The Morgan fingerprint density at radius 2 is 2.17 bits per heavy atom. The van der Waals surface area contributed by atoms with Crippen molar-refractivity contribution >= 4 is 23.3 Å². The number of anilines is 1. The molecule has 23 heavy (non-hydrogen) atoms. The fraction of sp³-hybridized carbons (Fsp3) is 0.294. The van der Waals surface area contributed by atoms with Gasteiger partial charge >= 0.3 is 6.03 Å². The number of amides is 2. The molecule has 122 valence electrons. The molecule has 0 bridgehead atoms. The van der Waals surface area contributed by atoms with Gasteiger partial charge in [-0.1, -0.05) is 24.6 Å². The second-order valence-corrected chi connectivity index (χ2v) is 5.35. The van der Waals surface area contributed by atoms with Gasteiger partial charge in [-0.15, -0.1) is 0 Å². The van der Waals surface area contributed by atoms with Crippen LogP contribution in [0.5, 0.6) is 5.75 Å². The van der Waals surface area contributed by atoms with Gasteiger partial charge in [0, 0.05) is 30.5 Å². The van der Waals surface area contributed by atoms with Crippen molar-refractivity contribution in [3.8, 4) is 5.75 Å². The number of carbonyl (C=O) groups is 1. The van der Waals surface area contributed by atoms with E-state index in [0.29, 0.717) is 36.0 Å². The predicted octanol–water partition coefficient (Wildman–Crippen LogP) is 3.89. The lowest BCUT2D eigenvalue weighted by Gasteiger charge is -2.10. The van der Waals surface area contributed by atoms with Crippen molar-refractivity contribution < 1.29 is 9.53 Å². The van der Waals surface area contributed by atoms with Crippen LogP contribution in [0.1, 0.15) is 19.0 Å². The Hall–Kier alpha value is -2.27. The smallest absolute Gasteiger partial charge is 0.319 e. The van der Waals surface area contributed by atoms with Crippen molar-refractivity contribution in [2.45, 2.75) is 19.8 Å². The number of benzene rings is 1. The van der Waals surface area contributed by atoms with Crippen LogP contribution in [0.2, 0.25) is 5.02 Å². The molecule has 0 aliphatic carbocycles. The molecule has 0 fully saturated rings. The summed E-state index contributed by atoms with van der Waals surface area (Å²) in [7, 11) is 0. The molecule has 2 aromatic rings. The molecule has 0 aliphatic heterocycles. The van der Waals surface area contributed by atoms with E-state index in [0.717, 1.165) is 12.1 Å². The molecule has 2 N–H and O–H groups in total. The van der Waals surface area contributed by atoms with Crippen LogP contribution in [0, 0.1) is 0 Å². The lowest BCUT2D eigenvalue weighted by atomic mass is 10.3. The molecule has 2 rings (SSSR count). The van der Waals surface area contributed by atoms with E-state index in [-0.39, 0.29) is 6.03 Å². The molecule has 5 nitrogen and oxygen atoms in total. The van der Waals surface area contributed by atoms with Gasteiger partial charge in [0.05, 0.1) is 11.6 Å². The maximum Gasteiger partial charge on any atom is 0.319 e. The Balaban J connectivity index is 1.79. The first-order valence-corrected chi connectivity index (χ1v) is 7.94. The van der Waals surface area contributed by atoms with Crippen LogP contribution >= 0.6 is 11.6 Å². The highest BCUT2D eigenvalue weighted by Gasteiger charge is 2.06. The summed E-state index contributed by atoms with van der Waals surface area (Å²) in [4.78, 5) is 16.1. The van der Waals surface area contributed by atoms with Crippen LogP contribution in [-0.2, 0) is 6.42 Å². The molecule has 6 heteroatoms. The molecule has 0 radical (unpaired) electrons.